The Morgan fingerprint density at radius 3 is 2.57 bits per heavy atom. The van der Waals surface area contributed by atoms with Crippen LogP contribution in [-0.2, 0) is 19.9 Å². The van der Waals surface area contributed by atoms with Gasteiger partial charge in [-0.3, -0.25) is 9.69 Å². The predicted octanol–water partition coefficient (Wildman–Crippen LogP) is 3.79. The number of halogens is 1. The first-order valence-electron chi connectivity index (χ1n) is 10.0. The topological polar surface area (TPSA) is 71.0 Å². The lowest BCUT2D eigenvalue weighted by atomic mass is 9.73. The van der Waals surface area contributed by atoms with Gasteiger partial charge in [0.2, 0.25) is 5.91 Å². The Kier molecular flexibility index (Phi) is 5.79. The van der Waals surface area contributed by atoms with Crippen LogP contribution >= 0.6 is 11.6 Å². The van der Waals surface area contributed by atoms with Gasteiger partial charge in [0.05, 0.1) is 15.1 Å². The van der Waals surface area contributed by atoms with E-state index in [2.05, 4.69) is 14.6 Å². The molecule has 2 aromatic carbocycles. The van der Waals surface area contributed by atoms with Crippen molar-refractivity contribution >= 4 is 32.9 Å². The van der Waals surface area contributed by atoms with Crippen LogP contribution in [-0.4, -0.2) is 54.6 Å². The van der Waals surface area contributed by atoms with Crippen LogP contribution in [0.15, 0.2) is 51.7 Å². The molecule has 30 heavy (non-hydrogen) atoms. The number of benzene rings is 2. The summed E-state index contributed by atoms with van der Waals surface area (Å²) in [5, 5.41) is 3.68. The molecule has 2 aliphatic heterocycles. The first kappa shape index (κ1) is 21.2. The van der Waals surface area contributed by atoms with Gasteiger partial charge in [-0.25, -0.2) is 8.57 Å². The van der Waals surface area contributed by atoms with Gasteiger partial charge in [-0.05, 0) is 74.0 Å². The summed E-state index contributed by atoms with van der Waals surface area (Å²) in [4.78, 5) is 15.7. The number of carbonyl (C=O) groups excluding carboxylic acids is 1. The fourth-order valence-corrected chi connectivity index (χ4v) is 5.25. The molecule has 6 nitrogen and oxygen atoms in total. The van der Waals surface area contributed by atoms with Crippen LogP contribution in [0.5, 0.6) is 5.75 Å². The number of carbonyl (C=O) groups is 1. The number of likely N-dealkylation sites (tertiary alicyclic amines) is 1. The van der Waals surface area contributed by atoms with E-state index in [1.807, 2.05) is 30.3 Å². The summed E-state index contributed by atoms with van der Waals surface area (Å²) in [6, 6.07) is 12.9. The number of nitrogens with zero attached hydrogens (tertiary/aromatic N) is 2. The van der Waals surface area contributed by atoms with Crippen molar-refractivity contribution in [3.63, 3.8) is 0 Å². The van der Waals surface area contributed by atoms with E-state index in [9.17, 15) is 9.00 Å². The molecule has 1 saturated heterocycles. The van der Waals surface area contributed by atoms with Crippen molar-refractivity contribution in [3.05, 3.63) is 53.1 Å². The van der Waals surface area contributed by atoms with Crippen LogP contribution in [0.2, 0.25) is 5.02 Å². The molecular formula is C22H26ClN3O3S. The Morgan fingerprint density at radius 2 is 1.90 bits per heavy atom. The molecule has 0 aliphatic carbocycles. The first-order valence-corrected chi connectivity index (χ1v) is 12.3. The largest absolute Gasteiger partial charge is 0.492 e. The van der Waals surface area contributed by atoms with Crippen LogP contribution in [0.4, 0.5) is 5.69 Å². The zero-order chi connectivity index (χ0) is 21.4. The maximum absolute atomic E-state index is 12.7. The summed E-state index contributed by atoms with van der Waals surface area (Å²) in [6.07, 6.45) is 3.17. The Morgan fingerprint density at radius 1 is 1.20 bits per heavy atom. The van der Waals surface area contributed by atoms with Gasteiger partial charge < -0.3 is 10.1 Å². The van der Waals surface area contributed by atoms with Gasteiger partial charge in [0.1, 0.15) is 12.4 Å². The maximum Gasteiger partial charge on any atom is 0.235 e. The minimum atomic E-state index is -2.32. The Labute approximate surface area is 182 Å². The number of anilines is 1. The molecule has 8 heteroatoms. The molecule has 0 saturated carbocycles. The van der Waals surface area contributed by atoms with E-state index in [4.69, 9.17) is 16.3 Å². The van der Waals surface area contributed by atoms with Crippen LogP contribution in [0.1, 0.15) is 18.4 Å². The monoisotopic (exact) mass is 447 g/mol. The number of ether oxygens (including phenoxy) is 1. The second kappa shape index (κ2) is 8.21. The van der Waals surface area contributed by atoms with Gasteiger partial charge >= 0.3 is 0 Å². The molecule has 2 heterocycles. The summed E-state index contributed by atoms with van der Waals surface area (Å²) in [6.45, 7) is 3.01. The van der Waals surface area contributed by atoms with Gasteiger partial charge in [-0.2, -0.15) is 0 Å². The summed E-state index contributed by atoms with van der Waals surface area (Å²) < 4.78 is 22.1. The van der Waals surface area contributed by atoms with Gasteiger partial charge in [0.25, 0.3) is 0 Å². The Bertz CT molecular complexity index is 1070. The molecule has 0 radical (unpaired) electrons. The van der Waals surface area contributed by atoms with Crippen LogP contribution < -0.4 is 10.1 Å². The fourth-order valence-electron chi connectivity index (χ4n) is 4.23. The number of hydrogen-bond donors (Lipinski definition) is 1. The highest BCUT2D eigenvalue weighted by atomic mass is 35.5. The average molecular weight is 448 g/mol. The van der Waals surface area contributed by atoms with Crippen molar-refractivity contribution in [2.24, 2.45) is 4.36 Å². The molecular weight excluding hydrogens is 422 g/mol. The second-order valence-electron chi connectivity index (χ2n) is 7.87. The molecule has 2 aliphatic rings. The molecule has 0 bridgehead atoms. The summed E-state index contributed by atoms with van der Waals surface area (Å²) in [5.74, 6) is 0.833. The molecule has 0 unspecified atom stereocenters. The van der Waals surface area contributed by atoms with Crippen molar-refractivity contribution in [1.29, 1.82) is 0 Å². The van der Waals surface area contributed by atoms with Crippen molar-refractivity contribution < 1.29 is 13.7 Å². The fraction of sp³-hybridized carbons (Fsp3) is 0.409. The minimum Gasteiger partial charge on any atom is -0.492 e. The highest BCUT2D eigenvalue weighted by molar-refractivity contribution is 7.93. The molecule has 4 rings (SSSR count). The Hall–Kier alpha value is -2.09. The third-order valence-electron chi connectivity index (χ3n) is 6.18. The van der Waals surface area contributed by atoms with Gasteiger partial charge in [-0.1, -0.05) is 11.6 Å². The van der Waals surface area contributed by atoms with Gasteiger partial charge in [0.15, 0.2) is 0 Å². The van der Waals surface area contributed by atoms with E-state index in [-0.39, 0.29) is 5.91 Å². The molecule has 1 N–H and O–H groups in total. The van der Waals surface area contributed by atoms with Crippen LogP contribution in [0.25, 0.3) is 0 Å². The molecule has 0 aromatic heterocycles. The molecule has 1 amide bonds. The molecule has 1 atom stereocenters. The van der Waals surface area contributed by atoms with E-state index in [0.29, 0.717) is 16.5 Å². The summed E-state index contributed by atoms with van der Waals surface area (Å²) in [5.41, 5.74) is 1.45. The third kappa shape index (κ3) is 3.94. The van der Waals surface area contributed by atoms with E-state index in [1.54, 1.807) is 25.4 Å². The SMILES string of the molecule is CN=[S@](C)(=O)c1ccc(OCCN2CCC3(CC2)C(=O)Nc2ccc(Cl)cc23)cc1. The maximum atomic E-state index is 12.7. The van der Waals surface area contributed by atoms with E-state index >= 15 is 0 Å². The highest BCUT2D eigenvalue weighted by Gasteiger charge is 2.48. The number of rotatable bonds is 5. The van der Waals surface area contributed by atoms with E-state index < -0.39 is 15.1 Å². The first-order chi connectivity index (χ1) is 14.3. The zero-order valence-electron chi connectivity index (χ0n) is 17.2. The Balaban J connectivity index is 1.32. The number of piperidine rings is 1. The average Bonchev–Trinajstić information content (AvgIpc) is 3.01. The van der Waals surface area contributed by atoms with Crippen LogP contribution in [0, 0.1) is 0 Å². The summed E-state index contributed by atoms with van der Waals surface area (Å²) >= 11 is 6.18. The second-order valence-corrected chi connectivity index (χ2v) is 10.8. The van der Waals surface area contributed by atoms with Crippen molar-refractivity contribution in [2.45, 2.75) is 23.2 Å². The lowest BCUT2D eigenvalue weighted by Gasteiger charge is -2.37. The normalized spacial score (nSPS) is 19.8. The van der Waals surface area contributed by atoms with Gasteiger partial charge in [0, 0.05) is 35.5 Å². The number of fused-ring (bicyclic) bond motifs is 2. The molecule has 2 aromatic rings. The van der Waals surface area contributed by atoms with Crippen molar-refractivity contribution in [2.75, 3.05) is 44.9 Å². The number of hydrogen-bond acceptors (Lipinski definition) is 5. The number of nitrogens with one attached hydrogen (secondary N) is 1. The van der Waals surface area contributed by atoms with Crippen LogP contribution in [0.3, 0.4) is 0 Å². The predicted molar refractivity (Wildman–Crippen MR) is 120 cm³/mol. The lowest BCUT2D eigenvalue weighted by molar-refractivity contribution is -0.122. The van der Waals surface area contributed by atoms with E-state index in [0.717, 1.165) is 49.5 Å². The number of amides is 1. The van der Waals surface area contributed by atoms with Crippen molar-refractivity contribution in [1.82, 2.24) is 4.90 Å². The third-order valence-corrected chi connectivity index (χ3v) is 8.25. The molecule has 1 fully saturated rings. The van der Waals surface area contributed by atoms with Crippen molar-refractivity contribution in [3.8, 4) is 5.75 Å². The van der Waals surface area contributed by atoms with Gasteiger partial charge in [-0.15, -0.1) is 0 Å². The van der Waals surface area contributed by atoms with E-state index in [1.165, 1.54) is 0 Å². The zero-order valence-corrected chi connectivity index (χ0v) is 18.8. The summed E-state index contributed by atoms with van der Waals surface area (Å²) in [7, 11) is -0.754. The molecule has 1 spiro atoms. The quantitative estimate of drug-likeness (QED) is 0.756. The smallest absolute Gasteiger partial charge is 0.235 e. The lowest BCUT2D eigenvalue weighted by Crippen LogP contribution is -2.47. The highest BCUT2D eigenvalue weighted by Crippen LogP contribution is 2.45. The molecule has 160 valence electrons. The standard InChI is InChI=1S/C22H26ClN3O3S/c1-24-30(2,28)18-6-4-17(5-7-18)29-14-13-26-11-9-22(10-12-26)19-15-16(23)3-8-20(19)25-21(22)27/h3-8,15H,9-14H2,1-2H3,(H,25,27)/t30-/m1/s1. The minimum absolute atomic E-state index is 0.0853.